The summed E-state index contributed by atoms with van der Waals surface area (Å²) in [7, 11) is 0. The van der Waals surface area contributed by atoms with E-state index in [-0.39, 0.29) is 0 Å². The molecule has 0 aliphatic heterocycles. The molecule has 0 spiro atoms. The van der Waals surface area contributed by atoms with Crippen LogP contribution in [0.15, 0.2) is 60.7 Å². The summed E-state index contributed by atoms with van der Waals surface area (Å²) in [5.41, 5.74) is 2.52. The van der Waals surface area contributed by atoms with Gasteiger partial charge in [0.1, 0.15) is 0 Å². The van der Waals surface area contributed by atoms with Crippen LogP contribution in [0.5, 0.6) is 0 Å². The number of benzene rings is 2. The fraction of sp³-hybridized carbons (Fsp3) is 0.400. The predicted octanol–water partition coefficient (Wildman–Crippen LogP) is 4.06. The van der Waals surface area contributed by atoms with Gasteiger partial charge in [0.05, 0.1) is 13.2 Å². The first kappa shape index (κ1) is 17.4. The highest BCUT2D eigenvalue weighted by molar-refractivity contribution is 5.46. The Balaban J connectivity index is 1.70. The van der Waals surface area contributed by atoms with Crippen LogP contribution in [0.3, 0.4) is 0 Å². The number of likely N-dealkylation sites (N-methyl/N-ethyl adjacent to an activating group) is 2. The van der Waals surface area contributed by atoms with Gasteiger partial charge in [-0.05, 0) is 38.1 Å². The fourth-order valence-electron chi connectivity index (χ4n) is 2.67. The molecule has 23 heavy (non-hydrogen) atoms. The monoisotopic (exact) mass is 312 g/mol. The number of hydrogen-bond acceptors (Lipinski definition) is 3. The molecule has 124 valence electrons. The Hall–Kier alpha value is -2.00. The SMILES string of the molecule is CCN(CCOCCN(CC)c1ccccc1)c1ccccc1. The quantitative estimate of drug-likeness (QED) is 0.615. The molecule has 0 saturated heterocycles. The Morgan fingerprint density at radius 1 is 0.652 bits per heavy atom. The largest absolute Gasteiger partial charge is 0.378 e. The Labute approximate surface area is 140 Å². The number of rotatable bonds is 10. The van der Waals surface area contributed by atoms with Crippen molar-refractivity contribution in [3.63, 3.8) is 0 Å². The van der Waals surface area contributed by atoms with Crippen LogP contribution in [0, 0.1) is 0 Å². The summed E-state index contributed by atoms with van der Waals surface area (Å²) in [5.74, 6) is 0. The van der Waals surface area contributed by atoms with Crippen molar-refractivity contribution >= 4 is 11.4 Å². The lowest BCUT2D eigenvalue weighted by molar-refractivity contribution is 0.146. The van der Waals surface area contributed by atoms with Gasteiger partial charge in [0, 0.05) is 37.6 Å². The molecule has 0 aliphatic rings. The Morgan fingerprint density at radius 3 is 1.39 bits per heavy atom. The number of para-hydroxylation sites is 2. The van der Waals surface area contributed by atoms with E-state index in [1.165, 1.54) is 11.4 Å². The molecule has 0 aromatic heterocycles. The molecule has 2 aromatic carbocycles. The van der Waals surface area contributed by atoms with Crippen LogP contribution < -0.4 is 9.80 Å². The van der Waals surface area contributed by atoms with E-state index >= 15 is 0 Å². The zero-order valence-corrected chi connectivity index (χ0v) is 14.3. The maximum absolute atomic E-state index is 5.86. The smallest absolute Gasteiger partial charge is 0.0642 e. The molecule has 0 aliphatic carbocycles. The molecule has 0 heterocycles. The number of nitrogens with zero attached hydrogens (tertiary/aromatic N) is 2. The summed E-state index contributed by atoms with van der Waals surface area (Å²) in [6.07, 6.45) is 0. The molecule has 0 radical (unpaired) electrons. The second-order valence-corrected chi connectivity index (χ2v) is 5.44. The molecule has 0 saturated carbocycles. The Morgan fingerprint density at radius 2 is 1.04 bits per heavy atom. The van der Waals surface area contributed by atoms with Crippen LogP contribution in [0.4, 0.5) is 11.4 Å². The van der Waals surface area contributed by atoms with Gasteiger partial charge in [-0.25, -0.2) is 0 Å². The van der Waals surface area contributed by atoms with E-state index in [1.54, 1.807) is 0 Å². The van der Waals surface area contributed by atoms with Gasteiger partial charge in [0.2, 0.25) is 0 Å². The van der Waals surface area contributed by atoms with Crippen molar-refractivity contribution in [2.75, 3.05) is 49.2 Å². The molecular formula is C20H28N2O. The maximum atomic E-state index is 5.86. The van der Waals surface area contributed by atoms with Crippen molar-refractivity contribution in [1.82, 2.24) is 0 Å². The lowest BCUT2D eigenvalue weighted by atomic mass is 10.3. The average molecular weight is 312 g/mol. The van der Waals surface area contributed by atoms with Gasteiger partial charge >= 0.3 is 0 Å². The minimum absolute atomic E-state index is 0.759. The highest BCUT2D eigenvalue weighted by Gasteiger charge is 2.05. The normalized spacial score (nSPS) is 10.5. The zero-order chi connectivity index (χ0) is 16.3. The molecular weight excluding hydrogens is 284 g/mol. The van der Waals surface area contributed by atoms with Crippen LogP contribution in [0.1, 0.15) is 13.8 Å². The van der Waals surface area contributed by atoms with Crippen molar-refractivity contribution in [3.05, 3.63) is 60.7 Å². The molecule has 0 N–H and O–H groups in total. The molecule has 2 rings (SSSR count). The number of anilines is 2. The Kier molecular flexibility index (Phi) is 7.47. The van der Waals surface area contributed by atoms with Crippen molar-refractivity contribution in [1.29, 1.82) is 0 Å². The standard InChI is InChI=1S/C20H28N2O/c1-3-21(19-11-7-5-8-12-19)15-17-23-18-16-22(4-2)20-13-9-6-10-14-20/h5-14H,3-4,15-18H2,1-2H3. The van der Waals surface area contributed by atoms with Gasteiger partial charge in [-0.2, -0.15) is 0 Å². The van der Waals surface area contributed by atoms with Crippen LogP contribution in [0.2, 0.25) is 0 Å². The first-order valence-corrected chi connectivity index (χ1v) is 8.53. The fourth-order valence-corrected chi connectivity index (χ4v) is 2.67. The highest BCUT2D eigenvalue weighted by atomic mass is 16.5. The van der Waals surface area contributed by atoms with Gasteiger partial charge in [0.25, 0.3) is 0 Å². The summed E-state index contributed by atoms with van der Waals surface area (Å²) in [6.45, 7) is 9.74. The molecule has 0 fully saturated rings. The van der Waals surface area contributed by atoms with Crippen LogP contribution in [0.25, 0.3) is 0 Å². The minimum Gasteiger partial charge on any atom is -0.378 e. The summed E-state index contributed by atoms with van der Waals surface area (Å²) in [6, 6.07) is 21.0. The lowest BCUT2D eigenvalue weighted by Gasteiger charge is -2.25. The highest BCUT2D eigenvalue weighted by Crippen LogP contribution is 2.13. The molecule has 3 nitrogen and oxygen atoms in total. The van der Waals surface area contributed by atoms with E-state index in [1.807, 2.05) is 0 Å². The minimum atomic E-state index is 0.759. The van der Waals surface area contributed by atoms with E-state index in [0.29, 0.717) is 0 Å². The van der Waals surface area contributed by atoms with Gasteiger partial charge in [-0.3, -0.25) is 0 Å². The molecule has 0 atom stereocenters. The third-order valence-electron chi connectivity index (χ3n) is 4.02. The van der Waals surface area contributed by atoms with Crippen molar-refractivity contribution in [2.45, 2.75) is 13.8 Å². The summed E-state index contributed by atoms with van der Waals surface area (Å²) in [5, 5.41) is 0. The average Bonchev–Trinajstić information content (AvgIpc) is 2.63. The van der Waals surface area contributed by atoms with E-state index in [9.17, 15) is 0 Å². The maximum Gasteiger partial charge on any atom is 0.0642 e. The first-order valence-electron chi connectivity index (χ1n) is 8.53. The molecule has 0 bridgehead atoms. The topological polar surface area (TPSA) is 15.7 Å². The number of ether oxygens (including phenoxy) is 1. The van der Waals surface area contributed by atoms with Crippen LogP contribution in [-0.4, -0.2) is 39.4 Å². The van der Waals surface area contributed by atoms with Gasteiger partial charge < -0.3 is 14.5 Å². The number of hydrogen-bond donors (Lipinski definition) is 0. The summed E-state index contributed by atoms with van der Waals surface area (Å²) < 4.78 is 5.86. The molecule has 3 heteroatoms. The van der Waals surface area contributed by atoms with Crippen LogP contribution in [-0.2, 0) is 4.74 Å². The van der Waals surface area contributed by atoms with E-state index in [4.69, 9.17) is 4.74 Å². The second kappa shape index (κ2) is 9.90. The summed E-state index contributed by atoms with van der Waals surface area (Å²) >= 11 is 0. The Bertz CT molecular complexity index is 480. The third kappa shape index (κ3) is 5.61. The zero-order valence-electron chi connectivity index (χ0n) is 14.3. The summed E-state index contributed by atoms with van der Waals surface area (Å²) in [4.78, 5) is 4.68. The van der Waals surface area contributed by atoms with E-state index in [0.717, 1.165) is 39.4 Å². The molecule has 0 amide bonds. The van der Waals surface area contributed by atoms with Gasteiger partial charge in [-0.1, -0.05) is 36.4 Å². The van der Waals surface area contributed by atoms with Gasteiger partial charge in [-0.15, -0.1) is 0 Å². The molecule has 0 unspecified atom stereocenters. The van der Waals surface area contributed by atoms with E-state index in [2.05, 4.69) is 84.3 Å². The second-order valence-electron chi connectivity index (χ2n) is 5.44. The molecule has 2 aromatic rings. The first-order chi connectivity index (χ1) is 11.3. The van der Waals surface area contributed by atoms with Crippen LogP contribution >= 0.6 is 0 Å². The van der Waals surface area contributed by atoms with Crippen molar-refractivity contribution < 1.29 is 4.74 Å². The van der Waals surface area contributed by atoms with Crippen molar-refractivity contribution in [3.8, 4) is 0 Å². The third-order valence-corrected chi connectivity index (χ3v) is 4.02. The van der Waals surface area contributed by atoms with Crippen molar-refractivity contribution in [2.24, 2.45) is 0 Å². The van der Waals surface area contributed by atoms with Gasteiger partial charge in [0.15, 0.2) is 0 Å². The van der Waals surface area contributed by atoms with E-state index < -0.39 is 0 Å². The predicted molar refractivity (Wildman–Crippen MR) is 99.5 cm³/mol. The lowest BCUT2D eigenvalue weighted by Crippen LogP contribution is -2.30.